The highest BCUT2D eigenvalue weighted by molar-refractivity contribution is 5.79. The summed E-state index contributed by atoms with van der Waals surface area (Å²) in [7, 11) is 0. The molecule has 2 saturated carbocycles. The van der Waals surface area contributed by atoms with Crippen molar-refractivity contribution < 1.29 is 4.79 Å². The second-order valence-corrected chi connectivity index (χ2v) is 5.39. The predicted octanol–water partition coefficient (Wildman–Crippen LogP) is 3.15. The Bertz CT molecular complexity index is 223. The van der Waals surface area contributed by atoms with Crippen LogP contribution in [0.25, 0.3) is 0 Å². The Morgan fingerprint density at radius 2 is 1.56 bits per heavy atom. The standard InChI is InChI=1S/C14H25NO/c1-2-15(12-6-4-3-5-7-12)13-8-10-14(16)11-9-13/h12-13H,2-11H2,1H3. The Kier molecular flexibility index (Phi) is 4.39. The Labute approximate surface area is 99.4 Å². The maximum atomic E-state index is 11.3. The minimum atomic E-state index is 0.482. The van der Waals surface area contributed by atoms with Crippen LogP contribution in [0.5, 0.6) is 0 Å². The Morgan fingerprint density at radius 3 is 2.12 bits per heavy atom. The minimum absolute atomic E-state index is 0.482. The normalized spacial score (nSPS) is 25.2. The van der Waals surface area contributed by atoms with E-state index >= 15 is 0 Å². The highest BCUT2D eigenvalue weighted by Crippen LogP contribution is 2.28. The average molecular weight is 223 g/mol. The minimum Gasteiger partial charge on any atom is -0.300 e. The molecular weight excluding hydrogens is 198 g/mol. The van der Waals surface area contributed by atoms with Gasteiger partial charge in [-0.15, -0.1) is 0 Å². The lowest BCUT2D eigenvalue weighted by molar-refractivity contribution is -0.121. The van der Waals surface area contributed by atoms with Crippen molar-refractivity contribution in [3.63, 3.8) is 0 Å². The second-order valence-electron chi connectivity index (χ2n) is 5.39. The lowest BCUT2D eigenvalue weighted by Crippen LogP contribution is -2.45. The zero-order valence-corrected chi connectivity index (χ0v) is 10.6. The van der Waals surface area contributed by atoms with E-state index in [-0.39, 0.29) is 0 Å². The van der Waals surface area contributed by atoms with E-state index in [9.17, 15) is 4.79 Å². The van der Waals surface area contributed by atoms with Crippen molar-refractivity contribution in [3.05, 3.63) is 0 Å². The third kappa shape index (κ3) is 2.85. The smallest absolute Gasteiger partial charge is 0.133 e. The molecule has 0 atom stereocenters. The molecule has 0 N–H and O–H groups in total. The van der Waals surface area contributed by atoms with Gasteiger partial charge in [-0.2, -0.15) is 0 Å². The van der Waals surface area contributed by atoms with Gasteiger partial charge in [-0.3, -0.25) is 9.69 Å². The van der Waals surface area contributed by atoms with Gasteiger partial charge in [0, 0.05) is 24.9 Å². The van der Waals surface area contributed by atoms with E-state index in [4.69, 9.17) is 0 Å². The van der Waals surface area contributed by atoms with Crippen LogP contribution in [-0.2, 0) is 4.79 Å². The molecule has 92 valence electrons. The molecule has 0 unspecified atom stereocenters. The van der Waals surface area contributed by atoms with Crippen LogP contribution in [0.3, 0.4) is 0 Å². The Morgan fingerprint density at radius 1 is 1.00 bits per heavy atom. The van der Waals surface area contributed by atoms with Crippen LogP contribution in [0.1, 0.15) is 64.7 Å². The molecule has 0 aliphatic heterocycles. The van der Waals surface area contributed by atoms with Gasteiger partial charge in [0.2, 0.25) is 0 Å². The fourth-order valence-electron chi connectivity index (χ4n) is 3.48. The second kappa shape index (κ2) is 5.81. The fourth-order valence-corrected chi connectivity index (χ4v) is 3.48. The van der Waals surface area contributed by atoms with Gasteiger partial charge in [0.1, 0.15) is 5.78 Å². The number of Topliss-reactive ketones (excluding diaryl/α,β-unsaturated/α-hetero) is 1. The molecule has 0 aromatic rings. The number of carbonyl (C=O) groups excluding carboxylic acids is 1. The maximum absolute atomic E-state index is 11.3. The third-order valence-corrected chi connectivity index (χ3v) is 4.39. The van der Waals surface area contributed by atoms with E-state index in [0.29, 0.717) is 11.8 Å². The topological polar surface area (TPSA) is 20.3 Å². The van der Waals surface area contributed by atoms with Crippen LogP contribution < -0.4 is 0 Å². The number of rotatable bonds is 3. The molecule has 2 aliphatic rings. The van der Waals surface area contributed by atoms with Crippen LogP contribution in [0.15, 0.2) is 0 Å². The summed E-state index contributed by atoms with van der Waals surface area (Å²) >= 11 is 0. The summed E-state index contributed by atoms with van der Waals surface area (Å²) in [4.78, 5) is 14.0. The van der Waals surface area contributed by atoms with Crippen molar-refractivity contribution in [1.29, 1.82) is 0 Å². The van der Waals surface area contributed by atoms with E-state index in [1.807, 2.05) is 0 Å². The number of hydrogen-bond acceptors (Lipinski definition) is 2. The van der Waals surface area contributed by atoms with Gasteiger partial charge in [-0.25, -0.2) is 0 Å². The fraction of sp³-hybridized carbons (Fsp3) is 0.929. The van der Waals surface area contributed by atoms with Crippen molar-refractivity contribution in [2.75, 3.05) is 6.54 Å². The van der Waals surface area contributed by atoms with Crippen molar-refractivity contribution in [1.82, 2.24) is 4.90 Å². The van der Waals surface area contributed by atoms with Crippen molar-refractivity contribution in [2.24, 2.45) is 0 Å². The highest BCUT2D eigenvalue weighted by atomic mass is 16.1. The SMILES string of the molecule is CCN(C1CCCCC1)C1CCC(=O)CC1. The van der Waals surface area contributed by atoms with Crippen molar-refractivity contribution in [2.45, 2.75) is 76.8 Å². The summed E-state index contributed by atoms with van der Waals surface area (Å²) in [6, 6.07) is 1.52. The Hall–Kier alpha value is -0.370. The first-order valence-corrected chi connectivity index (χ1v) is 7.08. The molecular formula is C14H25NO. The molecule has 2 aliphatic carbocycles. The van der Waals surface area contributed by atoms with Gasteiger partial charge in [0.15, 0.2) is 0 Å². The largest absolute Gasteiger partial charge is 0.300 e. The first kappa shape index (κ1) is 12.1. The van der Waals surface area contributed by atoms with E-state index in [0.717, 1.165) is 31.7 Å². The molecule has 2 rings (SSSR count). The van der Waals surface area contributed by atoms with Crippen molar-refractivity contribution >= 4 is 5.78 Å². The van der Waals surface area contributed by atoms with Gasteiger partial charge in [-0.05, 0) is 32.2 Å². The molecule has 2 fully saturated rings. The van der Waals surface area contributed by atoms with Gasteiger partial charge < -0.3 is 0 Å². The average Bonchev–Trinajstić information content (AvgIpc) is 2.34. The van der Waals surface area contributed by atoms with Gasteiger partial charge in [0.25, 0.3) is 0 Å². The number of carbonyl (C=O) groups is 1. The first-order valence-electron chi connectivity index (χ1n) is 7.08. The maximum Gasteiger partial charge on any atom is 0.133 e. The monoisotopic (exact) mass is 223 g/mol. The van der Waals surface area contributed by atoms with E-state index in [2.05, 4.69) is 11.8 Å². The Balaban J connectivity index is 1.90. The quantitative estimate of drug-likeness (QED) is 0.732. The zero-order chi connectivity index (χ0) is 11.4. The third-order valence-electron chi connectivity index (χ3n) is 4.39. The van der Waals surface area contributed by atoms with Gasteiger partial charge in [-0.1, -0.05) is 26.2 Å². The molecule has 16 heavy (non-hydrogen) atoms. The predicted molar refractivity (Wildman–Crippen MR) is 66.5 cm³/mol. The first-order chi connectivity index (χ1) is 7.81. The van der Waals surface area contributed by atoms with Gasteiger partial charge in [0.05, 0.1) is 0 Å². The summed E-state index contributed by atoms with van der Waals surface area (Å²) in [6.45, 7) is 3.45. The zero-order valence-electron chi connectivity index (χ0n) is 10.6. The van der Waals surface area contributed by atoms with E-state index in [1.165, 1.54) is 38.6 Å². The molecule has 0 radical (unpaired) electrons. The van der Waals surface area contributed by atoms with Gasteiger partial charge >= 0.3 is 0 Å². The molecule has 0 spiro atoms. The number of nitrogens with zero attached hydrogens (tertiary/aromatic N) is 1. The van der Waals surface area contributed by atoms with E-state index < -0.39 is 0 Å². The summed E-state index contributed by atoms with van der Waals surface area (Å²) < 4.78 is 0. The summed E-state index contributed by atoms with van der Waals surface area (Å²) in [5.41, 5.74) is 0. The van der Waals surface area contributed by atoms with Crippen LogP contribution >= 0.6 is 0 Å². The molecule has 2 heteroatoms. The van der Waals surface area contributed by atoms with Crippen LogP contribution in [-0.4, -0.2) is 29.3 Å². The molecule has 0 saturated heterocycles. The lowest BCUT2D eigenvalue weighted by Gasteiger charge is -2.40. The molecule has 0 aromatic heterocycles. The molecule has 0 bridgehead atoms. The van der Waals surface area contributed by atoms with Crippen LogP contribution in [0.4, 0.5) is 0 Å². The lowest BCUT2D eigenvalue weighted by atomic mass is 9.88. The van der Waals surface area contributed by atoms with Crippen molar-refractivity contribution in [3.8, 4) is 0 Å². The molecule has 0 aromatic carbocycles. The van der Waals surface area contributed by atoms with E-state index in [1.54, 1.807) is 0 Å². The number of hydrogen-bond donors (Lipinski definition) is 0. The molecule has 0 amide bonds. The molecule has 2 nitrogen and oxygen atoms in total. The summed E-state index contributed by atoms with van der Waals surface area (Å²) in [5, 5.41) is 0. The number of ketones is 1. The summed E-state index contributed by atoms with van der Waals surface area (Å²) in [5.74, 6) is 0.482. The summed E-state index contributed by atoms with van der Waals surface area (Å²) in [6.07, 6.45) is 10.9. The highest BCUT2D eigenvalue weighted by Gasteiger charge is 2.29. The van der Waals surface area contributed by atoms with Crippen LogP contribution in [0.2, 0.25) is 0 Å². The molecule has 0 heterocycles. The van der Waals surface area contributed by atoms with Crippen LogP contribution in [0, 0.1) is 0 Å².